The first-order chi connectivity index (χ1) is 10.8. The Morgan fingerprint density at radius 2 is 2.05 bits per heavy atom. The van der Waals surface area contributed by atoms with Crippen molar-refractivity contribution < 1.29 is 9.21 Å². The minimum absolute atomic E-state index is 0.146. The number of hydrogen-bond acceptors (Lipinski definition) is 3. The molecule has 1 saturated carbocycles. The molecule has 1 saturated heterocycles. The molecule has 22 heavy (non-hydrogen) atoms. The highest BCUT2D eigenvalue weighted by Gasteiger charge is 2.34. The van der Waals surface area contributed by atoms with Gasteiger partial charge in [0.2, 0.25) is 0 Å². The lowest BCUT2D eigenvalue weighted by atomic mass is 10.00. The van der Waals surface area contributed by atoms with Crippen LogP contribution in [0, 0.1) is 5.92 Å². The van der Waals surface area contributed by atoms with E-state index in [0.29, 0.717) is 11.8 Å². The van der Waals surface area contributed by atoms with Crippen molar-refractivity contribution >= 4 is 5.91 Å². The SMILES string of the molecule is O=C(c1ccoc1C1CC1)N1CCC(Cc2ccncc2)C1. The maximum Gasteiger partial charge on any atom is 0.257 e. The van der Waals surface area contributed by atoms with Crippen molar-refractivity contribution in [2.24, 2.45) is 5.92 Å². The first-order valence-electron chi connectivity index (χ1n) is 8.07. The van der Waals surface area contributed by atoms with Gasteiger partial charge >= 0.3 is 0 Å². The summed E-state index contributed by atoms with van der Waals surface area (Å²) in [6.07, 6.45) is 9.72. The van der Waals surface area contributed by atoms with E-state index in [1.165, 1.54) is 5.56 Å². The van der Waals surface area contributed by atoms with Gasteiger partial charge in [-0.05, 0) is 55.4 Å². The third kappa shape index (κ3) is 2.65. The van der Waals surface area contributed by atoms with Gasteiger partial charge in [-0.3, -0.25) is 9.78 Å². The number of furan rings is 1. The molecule has 0 bridgehead atoms. The molecular formula is C18H20N2O2. The number of likely N-dealkylation sites (tertiary alicyclic amines) is 1. The predicted molar refractivity (Wildman–Crippen MR) is 82.6 cm³/mol. The second-order valence-electron chi connectivity index (χ2n) is 6.44. The average Bonchev–Trinajstić information content (AvgIpc) is 3.09. The highest BCUT2D eigenvalue weighted by molar-refractivity contribution is 5.95. The second-order valence-corrected chi connectivity index (χ2v) is 6.44. The maximum atomic E-state index is 12.7. The van der Waals surface area contributed by atoms with Gasteiger partial charge in [0.05, 0.1) is 11.8 Å². The minimum atomic E-state index is 0.146. The highest BCUT2D eigenvalue weighted by atomic mass is 16.3. The Kier molecular flexibility index (Phi) is 3.45. The molecule has 0 radical (unpaired) electrons. The largest absolute Gasteiger partial charge is 0.468 e. The molecule has 1 unspecified atom stereocenters. The Morgan fingerprint density at radius 1 is 1.23 bits per heavy atom. The molecule has 1 aliphatic carbocycles. The first-order valence-corrected chi connectivity index (χ1v) is 8.07. The van der Waals surface area contributed by atoms with Crippen LogP contribution in [0.3, 0.4) is 0 Å². The van der Waals surface area contributed by atoms with Gasteiger partial charge in [0, 0.05) is 31.4 Å². The zero-order valence-electron chi connectivity index (χ0n) is 12.6. The number of pyridine rings is 1. The lowest BCUT2D eigenvalue weighted by Crippen LogP contribution is -2.29. The maximum absolute atomic E-state index is 12.7. The predicted octanol–water partition coefficient (Wildman–Crippen LogP) is 3.26. The van der Waals surface area contributed by atoms with Crippen LogP contribution in [0.25, 0.3) is 0 Å². The first kappa shape index (κ1) is 13.6. The van der Waals surface area contributed by atoms with Crippen molar-refractivity contribution in [2.75, 3.05) is 13.1 Å². The Balaban J connectivity index is 1.41. The molecule has 2 aromatic rings. The Bertz CT molecular complexity index is 661. The smallest absolute Gasteiger partial charge is 0.257 e. The van der Waals surface area contributed by atoms with Gasteiger partial charge in [0.1, 0.15) is 5.76 Å². The number of carbonyl (C=O) groups excluding carboxylic acids is 1. The van der Waals surface area contributed by atoms with Crippen molar-refractivity contribution in [3.8, 4) is 0 Å². The van der Waals surface area contributed by atoms with Crippen LogP contribution in [0.15, 0.2) is 41.3 Å². The quantitative estimate of drug-likeness (QED) is 0.870. The summed E-state index contributed by atoms with van der Waals surface area (Å²) < 4.78 is 5.54. The van der Waals surface area contributed by atoms with Crippen LogP contribution in [-0.2, 0) is 6.42 Å². The molecule has 1 aliphatic heterocycles. The second kappa shape index (κ2) is 5.59. The summed E-state index contributed by atoms with van der Waals surface area (Å²) in [5, 5.41) is 0. The van der Waals surface area contributed by atoms with Crippen LogP contribution >= 0.6 is 0 Å². The summed E-state index contributed by atoms with van der Waals surface area (Å²) >= 11 is 0. The molecule has 2 aliphatic rings. The lowest BCUT2D eigenvalue weighted by Gasteiger charge is -2.16. The zero-order chi connectivity index (χ0) is 14.9. The molecule has 114 valence electrons. The van der Waals surface area contributed by atoms with E-state index < -0.39 is 0 Å². The fourth-order valence-corrected chi connectivity index (χ4v) is 3.37. The van der Waals surface area contributed by atoms with Crippen LogP contribution in [0.1, 0.15) is 46.9 Å². The topological polar surface area (TPSA) is 46.3 Å². The summed E-state index contributed by atoms with van der Waals surface area (Å²) in [6, 6.07) is 5.96. The van der Waals surface area contributed by atoms with Gasteiger partial charge in [-0.15, -0.1) is 0 Å². The van der Waals surface area contributed by atoms with E-state index in [-0.39, 0.29) is 5.91 Å². The molecule has 0 spiro atoms. The van der Waals surface area contributed by atoms with Crippen molar-refractivity contribution in [1.29, 1.82) is 0 Å². The van der Waals surface area contributed by atoms with E-state index >= 15 is 0 Å². The van der Waals surface area contributed by atoms with Crippen molar-refractivity contribution in [3.05, 3.63) is 53.7 Å². The van der Waals surface area contributed by atoms with Crippen molar-refractivity contribution in [3.63, 3.8) is 0 Å². The third-order valence-corrected chi connectivity index (χ3v) is 4.72. The van der Waals surface area contributed by atoms with Crippen LogP contribution in [-0.4, -0.2) is 28.9 Å². The Hall–Kier alpha value is -2.10. The highest BCUT2D eigenvalue weighted by Crippen LogP contribution is 2.42. The van der Waals surface area contributed by atoms with Crippen molar-refractivity contribution in [1.82, 2.24) is 9.88 Å². The van der Waals surface area contributed by atoms with E-state index in [2.05, 4.69) is 17.1 Å². The zero-order valence-corrected chi connectivity index (χ0v) is 12.6. The van der Waals surface area contributed by atoms with Crippen LogP contribution in [0.4, 0.5) is 0 Å². The number of aromatic nitrogens is 1. The lowest BCUT2D eigenvalue weighted by molar-refractivity contribution is 0.0784. The van der Waals surface area contributed by atoms with Gasteiger partial charge < -0.3 is 9.32 Å². The number of hydrogen-bond donors (Lipinski definition) is 0. The van der Waals surface area contributed by atoms with E-state index in [9.17, 15) is 4.79 Å². The normalized spacial score (nSPS) is 21.3. The number of carbonyl (C=O) groups is 1. The summed E-state index contributed by atoms with van der Waals surface area (Å²) in [5.41, 5.74) is 2.09. The summed E-state index contributed by atoms with van der Waals surface area (Å²) in [5.74, 6) is 2.07. The Morgan fingerprint density at radius 3 is 2.82 bits per heavy atom. The summed E-state index contributed by atoms with van der Waals surface area (Å²) in [6.45, 7) is 1.69. The monoisotopic (exact) mass is 296 g/mol. The molecule has 2 aromatic heterocycles. The average molecular weight is 296 g/mol. The van der Waals surface area contributed by atoms with E-state index in [0.717, 1.165) is 50.1 Å². The number of rotatable bonds is 4. The van der Waals surface area contributed by atoms with Crippen LogP contribution in [0.2, 0.25) is 0 Å². The molecule has 1 atom stereocenters. The molecule has 1 amide bonds. The van der Waals surface area contributed by atoms with E-state index in [1.807, 2.05) is 23.4 Å². The molecular weight excluding hydrogens is 276 g/mol. The Labute approximate surface area is 130 Å². The molecule has 3 heterocycles. The van der Waals surface area contributed by atoms with Gasteiger partial charge in [0.25, 0.3) is 5.91 Å². The van der Waals surface area contributed by atoms with E-state index in [1.54, 1.807) is 6.26 Å². The fourth-order valence-electron chi connectivity index (χ4n) is 3.37. The molecule has 4 rings (SSSR count). The number of amides is 1. The van der Waals surface area contributed by atoms with Gasteiger partial charge in [-0.1, -0.05) is 0 Å². The third-order valence-electron chi connectivity index (χ3n) is 4.72. The summed E-state index contributed by atoms with van der Waals surface area (Å²) in [4.78, 5) is 18.8. The molecule has 2 fully saturated rings. The van der Waals surface area contributed by atoms with Crippen LogP contribution < -0.4 is 0 Å². The molecule has 4 heteroatoms. The van der Waals surface area contributed by atoms with Crippen LogP contribution in [0.5, 0.6) is 0 Å². The molecule has 0 N–H and O–H groups in total. The van der Waals surface area contributed by atoms with E-state index in [4.69, 9.17) is 4.42 Å². The number of nitrogens with zero attached hydrogens (tertiary/aromatic N) is 2. The molecule has 4 nitrogen and oxygen atoms in total. The van der Waals surface area contributed by atoms with Crippen molar-refractivity contribution in [2.45, 2.75) is 31.6 Å². The summed E-state index contributed by atoms with van der Waals surface area (Å²) in [7, 11) is 0. The van der Waals surface area contributed by atoms with Gasteiger partial charge in [-0.2, -0.15) is 0 Å². The standard InChI is InChI=1S/C18H20N2O2/c21-18(16-6-10-22-17(16)15-1-2-15)20-9-5-14(12-20)11-13-3-7-19-8-4-13/h3-4,6-8,10,14-15H,1-2,5,9,11-12H2. The minimum Gasteiger partial charge on any atom is -0.468 e. The van der Waals surface area contributed by atoms with Gasteiger partial charge in [-0.25, -0.2) is 0 Å². The molecule has 0 aromatic carbocycles. The van der Waals surface area contributed by atoms with Gasteiger partial charge in [0.15, 0.2) is 0 Å². The fraction of sp³-hybridized carbons (Fsp3) is 0.444.